The summed E-state index contributed by atoms with van der Waals surface area (Å²) in [7, 11) is 0. The molecule has 0 aliphatic carbocycles. The summed E-state index contributed by atoms with van der Waals surface area (Å²) in [5, 5.41) is 4.02. The van der Waals surface area contributed by atoms with Crippen LogP contribution in [0.25, 0.3) is 11.4 Å². The summed E-state index contributed by atoms with van der Waals surface area (Å²) in [5.41, 5.74) is 0.990. The zero-order valence-electron chi connectivity index (χ0n) is 10.8. The van der Waals surface area contributed by atoms with Crippen LogP contribution in [0.5, 0.6) is 0 Å². The van der Waals surface area contributed by atoms with Crippen molar-refractivity contribution in [2.75, 3.05) is 32.8 Å². The predicted octanol–water partition coefficient (Wildman–Crippen LogP) is 1.61. The van der Waals surface area contributed by atoms with Gasteiger partial charge in [0.05, 0.1) is 13.2 Å². The SMILES string of the molecule is c1ccc(-c2noc(CCN3CCOCC3)n2)cc1. The Kier molecular flexibility index (Phi) is 3.86. The molecule has 1 aliphatic heterocycles. The summed E-state index contributed by atoms with van der Waals surface area (Å²) in [6.07, 6.45) is 0.792. The van der Waals surface area contributed by atoms with Crippen LogP contribution in [0.2, 0.25) is 0 Å². The highest BCUT2D eigenvalue weighted by molar-refractivity contribution is 5.53. The second-order valence-electron chi connectivity index (χ2n) is 4.58. The molecule has 100 valence electrons. The van der Waals surface area contributed by atoms with Gasteiger partial charge >= 0.3 is 0 Å². The highest BCUT2D eigenvalue weighted by Crippen LogP contribution is 2.15. The second kappa shape index (κ2) is 5.95. The van der Waals surface area contributed by atoms with E-state index in [1.807, 2.05) is 30.3 Å². The number of hydrogen-bond acceptors (Lipinski definition) is 5. The van der Waals surface area contributed by atoms with Crippen LogP contribution in [0.3, 0.4) is 0 Å². The van der Waals surface area contributed by atoms with Gasteiger partial charge in [0.25, 0.3) is 0 Å². The van der Waals surface area contributed by atoms with Gasteiger partial charge in [-0.15, -0.1) is 0 Å². The molecule has 0 saturated carbocycles. The molecule has 0 unspecified atom stereocenters. The lowest BCUT2D eigenvalue weighted by Crippen LogP contribution is -2.37. The molecule has 1 aromatic carbocycles. The Morgan fingerprint density at radius 3 is 2.68 bits per heavy atom. The van der Waals surface area contributed by atoms with Crippen LogP contribution in [0, 0.1) is 0 Å². The van der Waals surface area contributed by atoms with Crippen molar-refractivity contribution in [3.8, 4) is 11.4 Å². The van der Waals surface area contributed by atoms with E-state index in [1.54, 1.807) is 0 Å². The fourth-order valence-electron chi connectivity index (χ4n) is 2.14. The van der Waals surface area contributed by atoms with E-state index in [-0.39, 0.29) is 0 Å². The maximum atomic E-state index is 5.32. The zero-order valence-corrected chi connectivity index (χ0v) is 10.8. The molecule has 0 spiro atoms. The van der Waals surface area contributed by atoms with Crippen LogP contribution in [-0.4, -0.2) is 47.9 Å². The molecule has 1 aromatic heterocycles. The Morgan fingerprint density at radius 2 is 1.89 bits per heavy atom. The van der Waals surface area contributed by atoms with E-state index in [0.29, 0.717) is 11.7 Å². The molecule has 5 nitrogen and oxygen atoms in total. The lowest BCUT2D eigenvalue weighted by Gasteiger charge is -2.25. The van der Waals surface area contributed by atoms with Crippen molar-refractivity contribution in [3.63, 3.8) is 0 Å². The maximum absolute atomic E-state index is 5.32. The van der Waals surface area contributed by atoms with Crippen molar-refractivity contribution in [3.05, 3.63) is 36.2 Å². The van der Waals surface area contributed by atoms with Crippen molar-refractivity contribution in [2.45, 2.75) is 6.42 Å². The first-order chi connectivity index (χ1) is 9.42. The minimum atomic E-state index is 0.664. The topological polar surface area (TPSA) is 51.4 Å². The summed E-state index contributed by atoms with van der Waals surface area (Å²) in [6, 6.07) is 9.88. The average Bonchev–Trinajstić information content (AvgIpc) is 2.96. The number of morpholine rings is 1. The number of hydrogen-bond donors (Lipinski definition) is 0. The molecule has 5 heteroatoms. The quantitative estimate of drug-likeness (QED) is 0.835. The number of benzene rings is 1. The third kappa shape index (κ3) is 3.19. The van der Waals surface area contributed by atoms with Gasteiger partial charge in [0, 0.05) is 31.6 Å². The van der Waals surface area contributed by atoms with E-state index >= 15 is 0 Å². The van der Waals surface area contributed by atoms with Crippen molar-refractivity contribution in [2.24, 2.45) is 0 Å². The van der Waals surface area contributed by atoms with Crippen LogP contribution in [0.4, 0.5) is 0 Å². The van der Waals surface area contributed by atoms with Gasteiger partial charge in [0.1, 0.15) is 0 Å². The molecule has 0 amide bonds. The van der Waals surface area contributed by atoms with Crippen molar-refractivity contribution < 1.29 is 9.26 Å². The Bertz CT molecular complexity index is 506. The van der Waals surface area contributed by atoms with Gasteiger partial charge < -0.3 is 9.26 Å². The van der Waals surface area contributed by atoms with Crippen LogP contribution in [-0.2, 0) is 11.2 Å². The van der Waals surface area contributed by atoms with E-state index in [9.17, 15) is 0 Å². The Labute approximate surface area is 112 Å². The van der Waals surface area contributed by atoms with E-state index < -0.39 is 0 Å². The monoisotopic (exact) mass is 259 g/mol. The fraction of sp³-hybridized carbons (Fsp3) is 0.429. The summed E-state index contributed by atoms with van der Waals surface area (Å²) in [4.78, 5) is 6.79. The van der Waals surface area contributed by atoms with E-state index in [2.05, 4.69) is 15.0 Å². The lowest BCUT2D eigenvalue weighted by molar-refractivity contribution is 0.0375. The van der Waals surface area contributed by atoms with Gasteiger partial charge in [-0.1, -0.05) is 35.5 Å². The number of ether oxygens (including phenoxy) is 1. The summed E-state index contributed by atoms with van der Waals surface area (Å²) >= 11 is 0. The fourth-order valence-corrected chi connectivity index (χ4v) is 2.14. The summed E-state index contributed by atoms with van der Waals surface area (Å²) in [5.74, 6) is 1.36. The lowest BCUT2D eigenvalue weighted by atomic mass is 10.2. The molecule has 0 bridgehead atoms. The first-order valence-electron chi connectivity index (χ1n) is 6.60. The maximum Gasteiger partial charge on any atom is 0.228 e. The Morgan fingerprint density at radius 1 is 1.11 bits per heavy atom. The molecule has 3 rings (SSSR count). The molecule has 2 aromatic rings. The third-order valence-electron chi connectivity index (χ3n) is 3.25. The highest BCUT2D eigenvalue weighted by atomic mass is 16.5. The average molecular weight is 259 g/mol. The van der Waals surface area contributed by atoms with Crippen molar-refractivity contribution in [1.82, 2.24) is 15.0 Å². The van der Waals surface area contributed by atoms with Crippen LogP contribution in [0.15, 0.2) is 34.9 Å². The molecule has 2 heterocycles. The molecular weight excluding hydrogens is 242 g/mol. The van der Waals surface area contributed by atoms with Crippen molar-refractivity contribution >= 4 is 0 Å². The molecule has 1 aliphatic rings. The second-order valence-corrected chi connectivity index (χ2v) is 4.58. The normalized spacial score (nSPS) is 16.6. The van der Waals surface area contributed by atoms with Crippen LogP contribution >= 0.6 is 0 Å². The standard InChI is InChI=1S/C14H17N3O2/c1-2-4-12(5-3-1)14-15-13(19-16-14)6-7-17-8-10-18-11-9-17/h1-5H,6-11H2. The first kappa shape index (κ1) is 12.3. The van der Waals surface area contributed by atoms with Gasteiger partial charge in [0.15, 0.2) is 0 Å². The smallest absolute Gasteiger partial charge is 0.228 e. The van der Waals surface area contributed by atoms with Gasteiger partial charge in [-0.2, -0.15) is 4.98 Å². The van der Waals surface area contributed by atoms with Gasteiger partial charge in [-0.25, -0.2) is 0 Å². The minimum Gasteiger partial charge on any atom is -0.379 e. The Balaban J connectivity index is 1.59. The highest BCUT2D eigenvalue weighted by Gasteiger charge is 2.13. The van der Waals surface area contributed by atoms with Crippen LogP contribution < -0.4 is 0 Å². The summed E-state index contributed by atoms with van der Waals surface area (Å²) < 4.78 is 10.6. The van der Waals surface area contributed by atoms with E-state index in [1.165, 1.54) is 0 Å². The molecule has 1 fully saturated rings. The first-order valence-corrected chi connectivity index (χ1v) is 6.60. The van der Waals surface area contributed by atoms with Crippen molar-refractivity contribution in [1.29, 1.82) is 0 Å². The predicted molar refractivity (Wildman–Crippen MR) is 70.7 cm³/mol. The Hall–Kier alpha value is -1.72. The molecule has 0 atom stereocenters. The zero-order chi connectivity index (χ0) is 12.9. The number of aromatic nitrogens is 2. The molecule has 0 radical (unpaired) electrons. The van der Waals surface area contributed by atoms with Crippen LogP contribution in [0.1, 0.15) is 5.89 Å². The molecule has 19 heavy (non-hydrogen) atoms. The van der Waals surface area contributed by atoms with Gasteiger partial charge in [0.2, 0.25) is 11.7 Å². The largest absolute Gasteiger partial charge is 0.379 e. The van der Waals surface area contributed by atoms with Gasteiger partial charge in [-0.3, -0.25) is 4.90 Å². The van der Waals surface area contributed by atoms with E-state index in [4.69, 9.17) is 9.26 Å². The molecule has 1 saturated heterocycles. The molecule has 0 N–H and O–H groups in total. The van der Waals surface area contributed by atoms with E-state index in [0.717, 1.165) is 44.8 Å². The number of rotatable bonds is 4. The van der Waals surface area contributed by atoms with Gasteiger partial charge in [-0.05, 0) is 0 Å². The molecular formula is C14H17N3O2. The third-order valence-corrected chi connectivity index (χ3v) is 3.25. The number of nitrogens with zero attached hydrogens (tertiary/aromatic N) is 3. The minimum absolute atomic E-state index is 0.664. The summed E-state index contributed by atoms with van der Waals surface area (Å²) in [6.45, 7) is 4.55.